The summed E-state index contributed by atoms with van der Waals surface area (Å²) in [5.74, 6) is 3.13. The van der Waals surface area contributed by atoms with E-state index < -0.39 is 0 Å². The van der Waals surface area contributed by atoms with Crippen molar-refractivity contribution < 1.29 is 4.74 Å². The van der Waals surface area contributed by atoms with E-state index in [1.54, 1.807) is 0 Å². The van der Waals surface area contributed by atoms with Gasteiger partial charge in [0.15, 0.2) is 17.5 Å². The fourth-order valence-electron chi connectivity index (χ4n) is 6.10. The maximum absolute atomic E-state index is 6.53. The third kappa shape index (κ3) is 4.91. The minimum absolute atomic E-state index is 0.0326. The zero-order valence-corrected chi connectivity index (χ0v) is 23.6. The van der Waals surface area contributed by atoms with Gasteiger partial charge in [-0.05, 0) is 58.9 Å². The predicted octanol–water partition coefficient (Wildman–Crippen LogP) is 9.10. The van der Waals surface area contributed by atoms with E-state index in [1.807, 2.05) is 12.1 Å². The van der Waals surface area contributed by atoms with Crippen molar-refractivity contribution in [2.45, 2.75) is 24.9 Å². The number of allylic oxidation sites excluding steroid dienone is 6. The van der Waals surface area contributed by atoms with Gasteiger partial charge in [-0.3, -0.25) is 0 Å². The van der Waals surface area contributed by atoms with Crippen LogP contribution in [0, 0.1) is 0 Å². The highest BCUT2D eigenvalue weighted by atomic mass is 16.5. The highest BCUT2D eigenvalue weighted by molar-refractivity contribution is 5.77. The summed E-state index contributed by atoms with van der Waals surface area (Å²) >= 11 is 0. The van der Waals surface area contributed by atoms with Crippen molar-refractivity contribution >= 4 is 11.1 Å². The molecule has 0 N–H and O–H groups in total. The van der Waals surface area contributed by atoms with Gasteiger partial charge in [0.1, 0.15) is 11.9 Å². The molecule has 2 aliphatic carbocycles. The molecule has 0 bridgehead atoms. The average Bonchev–Trinajstić information content (AvgIpc) is 3.46. The molecule has 0 radical (unpaired) electrons. The second-order valence-corrected chi connectivity index (χ2v) is 11.1. The third-order valence-electron chi connectivity index (χ3n) is 8.35. The summed E-state index contributed by atoms with van der Waals surface area (Å²) in [5, 5.41) is 0. The van der Waals surface area contributed by atoms with E-state index >= 15 is 0 Å². The number of rotatable bonds is 5. The Morgan fingerprint density at radius 1 is 0.628 bits per heavy atom. The monoisotopic (exact) mass is 555 g/mol. The Balaban J connectivity index is 1.18. The van der Waals surface area contributed by atoms with Crippen LogP contribution in [-0.2, 0) is 0 Å². The van der Waals surface area contributed by atoms with Crippen molar-refractivity contribution in [3.8, 4) is 39.7 Å². The summed E-state index contributed by atoms with van der Waals surface area (Å²) in [7, 11) is 0. The molecule has 1 aliphatic heterocycles. The lowest BCUT2D eigenvalue weighted by molar-refractivity contribution is 0.269. The maximum Gasteiger partial charge on any atom is 0.164 e. The first-order valence-electron chi connectivity index (χ1n) is 14.8. The van der Waals surface area contributed by atoms with E-state index in [1.165, 1.54) is 16.7 Å². The highest BCUT2D eigenvalue weighted by Crippen LogP contribution is 2.44. The molecule has 3 aliphatic rings. The van der Waals surface area contributed by atoms with Crippen molar-refractivity contribution in [2.24, 2.45) is 0 Å². The van der Waals surface area contributed by atoms with E-state index in [-0.39, 0.29) is 12.0 Å². The largest absolute Gasteiger partial charge is 0.485 e. The normalized spacial score (nSPS) is 18.3. The fourth-order valence-corrected chi connectivity index (χ4v) is 6.10. The van der Waals surface area contributed by atoms with Crippen LogP contribution < -0.4 is 4.74 Å². The van der Waals surface area contributed by atoms with Crippen molar-refractivity contribution in [2.75, 3.05) is 0 Å². The van der Waals surface area contributed by atoms with E-state index in [9.17, 15) is 0 Å². The number of hydrogen-bond donors (Lipinski definition) is 0. The Morgan fingerprint density at radius 3 is 2.09 bits per heavy atom. The van der Waals surface area contributed by atoms with Crippen LogP contribution in [0.2, 0.25) is 0 Å². The van der Waals surface area contributed by atoms with Crippen molar-refractivity contribution in [1.82, 2.24) is 15.0 Å². The average molecular weight is 556 g/mol. The summed E-state index contributed by atoms with van der Waals surface area (Å²) in [5.41, 5.74) is 8.88. The van der Waals surface area contributed by atoms with Gasteiger partial charge in [0.25, 0.3) is 0 Å². The van der Waals surface area contributed by atoms with Gasteiger partial charge < -0.3 is 4.74 Å². The molecule has 206 valence electrons. The van der Waals surface area contributed by atoms with Gasteiger partial charge in [-0.25, -0.2) is 15.0 Å². The van der Waals surface area contributed by atoms with Gasteiger partial charge in [0.05, 0.1) is 0 Å². The van der Waals surface area contributed by atoms with Crippen LogP contribution in [0.15, 0.2) is 140 Å². The Morgan fingerprint density at radius 2 is 1.33 bits per heavy atom. The molecule has 2 atom stereocenters. The topological polar surface area (TPSA) is 47.9 Å². The number of benzene rings is 4. The van der Waals surface area contributed by atoms with Crippen LogP contribution in [0.4, 0.5) is 0 Å². The van der Waals surface area contributed by atoms with Gasteiger partial charge in [0, 0.05) is 22.6 Å². The third-order valence-corrected chi connectivity index (χ3v) is 8.35. The lowest BCUT2D eigenvalue weighted by atomic mass is 9.87. The zero-order chi connectivity index (χ0) is 28.6. The quantitative estimate of drug-likeness (QED) is 0.217. The Bertz CT molecular complexity index is 1950. The van der Waals surface area contributed by atoms with E-state index in [4.69, 9.17) is 19.7 Å². The zero-order valence-electron chi connectivity index (χ0n) is 23.6. The fraction of sp³-hybridized carbons (Fsp3) is 0.103. The Hall–Kier alpha value is -5.35. The van der Waals surface area contributed by atoms with Crippen LogP contribution in [0.1, 0.15) is 35.7 Å². The molecule has 0 saturated carbocycles. The molecule has 0 spiro atoms. The molecule has 5 aromatic rings. The molecular weight excluding hydrogens is 526 g/mol. The van der Waals surface area contributed by atoms with Gasteiger partial charge in [-0.2, -0.15) is 0 Å². The number of nitrogens with zero attached hydrogens (tertiary/aromatic N) is 3. The molecular formula is C39H29N3O. The lowest BCUT2D eigenvalue weighted by Crippen LogP contribution is -2.17. The molecule has 0 amide bonds. The first-order valence-corrected chi connectivity index (χ1v) is 14.8. The van der Waals surface area contributed by atoms with Crippen LogP contribution in [0.3, 0.4) is 0 Å². The van der Waals surface area contributed by atoms with Gasteiger partial charge in [0.2, 0.25) is 0 Å². The smallest absolute Gasteiger partial charge is 0.164 e. The van der Waals surface area contributed by atoms with Crippen molar-refractivity contribution in [1.29, 1.82) is 0 Å². The highest BCUT2D eigenvalue weighted by Gasteiger charge is 2.34. The van der Waals surface area contributed by atoms with E-state index in [0.29, 0.717) is 11.6 Å². The Labute approximate surface area is 251 Å². The minimum Gasteiger partial charge on any atom is -0.485 e. The van der Waals surface area contributed by atoms with Crippen LogP contribution in [0.25, 0.3) is 45.0 Å². The van der Waals surface area contributed by atoms with Crippen LogP contribution >= 0.6 is 0 Å². The van der Waals surface area contributed by atoms with E-state index in [0.717, 1.165) is 52.2 Å². The van der Waals surface area contributed by atoms with Crippen LogP contribution in [0.5, 0.6) is 5.75 Å². The first-order chi connectivity index (χ1) is 21.3. The van der Waals surface area contributed by atoms with Gasteiger partial charge >= 0.3 is 0 Å². The van der Waals surface area contributed by atoms with Crippen molar-refractivity contribution in [3.05, 3.63) is 157 Å². The lowest BCUT2D eigenvalue weighted by Gasteiger charge is -2.18. The molecule has 2 heterocycles. The van der Waals surface area contributed by atoms with E-state index in [2.05, 4.69) is 127 Å². The molecule has 0 saturated heterocycles. The number of aromatic nitrogens is 3. The summed E-state index contributed by atoms with van der Waals surface area (Å²) in [6.07, 6.45) is 15.0. The van der Waals surface area contributed by atoms with Gasteiger partial charge in [-0.15, -0.1) is 0 Å². The maximum atomic E-state index is 6.53. The standard InChI is InChI=1S/C39H29N3O/c1-4-11-26(12-5-1)29-17-10-18-31(23-29)38-40-37(28-15-8-3-9-16-28)41-39(42-38)32-20-22-34-33-21-19-30(27-13-6-2-7-14-27)24-35(33)43-36(34)25-32/h1-8,10-15,17-25,33,35H,9,16H2. The Kier molecular flexibility index (Phi) is 6.38. The SMILES string of the molecule is C1=CCCC(c2nc(-c3cccc(-c4ccccc4)c3)nc(-c3ccc4c(c3)OC3C=C(c5ccccc5)C=CC43)n2)=C1. The second kappa shape index (κ2) is 10.8. The number of ether oxygens (including phenoxy) is 1. The minimum atomic E-state index is -0.0326. The summed E-state index contributed by atoms with van der Waals surface area (Å²) in [6, 6.07) is 35.7. The van der Waals surface area contributed by atoms with Gasteiger partial charge in [-0.1, -0.05) is 121 Å². The molecule has 1 aromatic heterocycles. The first kappa shape index (κ1) is 25.4. The molecule has 4 aromatic carbocycles. The molecule has 0 fully saturated rings. The molecule has 4 nitrogen and oxygen atoms in total. The molecule has 43 heavy (non-hydrogen) atoms. The molecule has 4 heteroatoms. The van der Waals surface area contributed by atoms with Crippen LogP contribution in [-0.4, -0.2) is 21.1 Å². The summed E-state index contributed by atoms with van der Waals surface area (Å²) < 4.78 is 6.53. The summed E-state index contributed by atoms with van der Waals surface area (Å²) in [6.45, 7) is 0. The molecule has 8 rings (SSSR count). The predicted molar refractivity (Wildman–Crippen MR) is 173 cm³/mol. The second-order valence-electron chi connectivity index (χ2n) is 11.1. The number of hydrogen-bond acceptors (Lipinski definition) is 4. The summed E-state index contributed by atoms with van der Waals surface area (Å²) in [4.78, 5) is 15.0. The van der Waals surface area contributed by atoms with Crippen molar-refractivity contribution in [3.63, 3.8) is 0 Å². The number of fused-ring (bicyclic) bond motifs is 3. The molecule has 2 unspecified atom stereocenters.